The number of fused-ring (bicyclic) bond motifs is 1. The van der Waals surface area contributed by atoms with E-state index in [1.54, 1.807) is 29.3 Å². The molecule has 2 atom stereocenters. The van der Waals surface area contributed by atoms with Crippen molar-refractivity contribution in [3.8, 4) is 0 Å². The lowest BCUT2D eigenvalue weighted by Crippen LogP contribution is -2.62. The van der Waals surface area contributed by atoms with Crippen LogP contribution >= 0.6 is 0 Å². The third-order valence-electron chi connectivity index (χ3n) is 4.94. The highest BCUT2D eigenvalue weighted by Crippen LogP contribution is 2.37. The number of aromatic nitrogens is 1. The van der Waals surface area contributed by atoms with E-state index >= 15 is 0 Å². The Balaban J connectivity index is 1.43. The second-order valence-corrected chi connectivity index (χ2v) is 6.28. The molecule has 1 aliphatic carbocycles. The lowest BCUT2D eigenvalue weighted by molar-refractivity contribution is -0.145. The Morgan fingerprint density at radius 1 is 1.04 bits per heavy atom. The maximum atomic E-state index is 12.5. The van der Waals surface area contributed by atoms with E-state index in [1.165, 1.54) is 4.90 Å². The summed E-state index contributed by atoms with van der Waals surface area (Å²) in [5.74, 6) is -0.695. The predicted octanol–water partition coefficient (Wildman–Crippen LogP) is 0.857. The summed E-state index contributed by atoms with van der Waals surface area (Å²) in [4.78, 5) is 44.3. The Labute approximate surface area is 133 Å². The zero-order chi connectivity index (χ0) is 16.0. The molecule has 3 heterocycles. The predicted molar refractivity (Wildman–Crippen MR) is 81.1 cm³/mol. The number of hydrogen-bond donors (Lipinski definition) is 0. The van der Waals surface area contributed by atoms with Crippen LogP contribution in [0.3, 0.4) is 0 Å². The Morgan fingerprint density at radius 3 is 2.26 bits per heavy atom. The molecule has 6 heteroatoms. The molecule has 23 heavy (non-hydrogen) atoms. The monoisotopic (exact) mass is 311 g/mol. The summed E-state index contributed by atoms with van der Waals surface area (Å²) in [5.41, 5.74) is 0.392. The average molecular weight is 311 g/mol. The van der Waals surface area contributed by atoms with Gasteiger partial charge in [0.25, 0.3) is 5.91 Å². The Kier molecular flexibility index (Phi) is 3.25. The van der Waals surface area contributed by atoms with E-state index in [9.17, 15) is 14.4 Å². The maximum absolute atomic E-state index is 12.5. The first kappa shape index (κ1) is 14.1. The average Bonchev–Trinajstić information content (AvgIpc) is 2.80. The van der Waals surface area contributed by atoms with Crippen molar-refractivity contribution in [2.45, 2.75) is 18.9 Å². The number of allylic oxidation sites excluding steroid dienone is 2. The van der Waals surface area contributed by atoms with Gasteiger partial charge in [0, 0.05) is 19.3 Å². The van der Waals surface area contributed by atoms with Crippen LogP contribution < -0.4 is 0 Å². The fourth-order valence-corrected chi connectivity index (χ4v) is 3.62. The van der Waals surface area contributed by atoms with Gasteiger partial charge in [-0.1, -0.05) is 18.2 Å². The smallest absolute Gasteiger partial charge is 0.272 e. The van der Waals surface area contributed by atoms with E-state index < -0.39 is 0 Å². The topological polar surface area (TPSA) is 70.6 Å². The molecule has 3 aliphatic rings. The number of imide groups is 1. The second-order valence-electron chi connectivity index (χ2n) is 6.28. The van der Waals surface area contributed by atoms with E-state index in [4.69, 9.17) is 0 Å². The molecule has 2 fully saturated rings. The number of nitrogens with zero attached hydrogens (tertiary/aromatic N) is 3. The van der Waals surface area contributed by atoms with Crippen LogP contribution in [0, 0.1) is 11.8 Å². The SMILES string of the molecule is O=C(c1ccccn1)N1CC(N2C(=O)[C@H]3CC=CC[C@H]3C2=O)C1. The Morgan fingerprint density at radius 2 is 1.70 bits per heavy atom. The molecule has 2 saturated heterocycles. The first-order valence-corrected chi connectivity index (χ1v) is 7.89. The van der Waals surface area contributed by atoms with Gasteiger partial charge in [-0.15, -0.1) is 0 Å². The standard InChI is InChI=1S/C17H17N3O3/c21-15-12-5-1-2-6-13(12)16(22)20(15)11-9-19(10-11)17(23)14-7-3-4-8-18-14/h1-4,7-8,11-13H,5-6,9-10H2/t12-,13+. The molecule has 1 aromatic rings. The summed E-state index contributed by atoms with van der Waals surface area (Å²) in [7, 11) is 0. The molecule has 118 valence electrons. The summed E-state index contributed by atoms with van der Waals surface area (Å²) >= 11 is 0. The minimum absolute atomic E-state index is 0.0701. The zero-order valence-electron chi connectivity index (χ0n) is 12.6. The van der Waals surface area contributed by atoms with Crippen LogP contribution in [0.2, 0.25) is 0 Å². The number of hydrogen-bond acceptors (Lipinski definition) is 4. The van der Waals surface area contributed by atoms with E-state index in [-0.39, 0.29) is 35.6 Å². The molecule has 0 saturated carbocycles. The number of rotatable bonds is 2. The van der Waals surface area contributed by atoms with Gasteiger partial charge in [-0.2, -0.15) is 0 Å². The van der Waals surface area contributed by atoms with Crippen molar-refractivity contribution < 1.29 is 14.4 Å². The molecule has 2 aliphatic heterocycles. The lowest BCUT2D eigenvalue weighted by Gasteiger charge is -2.43. The zero-order valence-corrected chi connectivity index (χ0v) is 12.6. The van der Waals surface area contributed by atoms with Crippen molar-refractivity contribution in [1.29, 1.82) is 0 Å². The summed E-state index contributed by atoms with van der Waals surface area (Å²) in [5, 5.41) is 0. The van der Waals surface area contributed by atoms with E-state index in [0.717, 1.165) is 0 Å². The van der Waals surface area contributed by atoms with Crippen LogP contribution in [0.25, 0.3) is 0 Å². The summed E-state index contributed by atoms with van der Waals surface area (Å²) in [6.07, 6.45) is 6.83. The van der Waals surface area contributed by atoms with Crippen molar-refractivity contribution in [1.82, 2.24) is 14.8 Å². The summed E-state index contributed by atoms with van der Waals surface area (Å²) < 4.78 is 0. The van der Waals surface area contributed by atoms with Crippen molar-refractivity contribution in [3.05, 3.63) is 42.2 Å². The van der Waals surface area contributed by atoms with Crippen LogP contribution in [-0.2, 0) is 9.59 Å². The number of pyridine rings is 1. The molecular weight excluding hydrogens is 294 g/mol. The van der Waals surface area contributed by atoms with Gasteiger partial charge in [0.1, 0.15) is 5.69 Å². The molecule has 0 unspecified atom stereocenters. The van der Waals surface area contributed by atoms with Crippen molar-refractivity contribution in [2.75, 3.05) is 13.1 Å². The molecule has 0 aromatic carbocycles. The first-order chi connectivity index (χ1) is 11.2. The van der Waals surface area contributed by atoms with Gasteiger partial charge in [0.05, 0.1) is 17.9 Å². The van der Waals surface area contributed by atoms with E-state index in [0.29, 0.717) is 31.6 Å². The fraction of sp³-hybridized carbons (Fsp3) is 0.412. The highest BCUT2D eigenvalue weighted by Gasteiger charge is 2.52. The molecule has 1 aromatic heterocycles. The van der Waals surface area contributed by atoms with Crippen molar-refractivity contribution in [3.63, 3.8) is 0 Å². The van der Waals surface area contributed by atoms with Crippen LogP contribution in [0.1, 0.15) is 23.3 Å². The molecular formula is C17H17N3O3. The lowest BCUT2D eigenvalue weighted by atomic mass is 9.85. The molecule has 0 spiro atoms. The molecule has 0 radical (unpaired) electrons. The minimum Gasteiger partial charge on any atom is -0.333 e. The van der Waals surface area contributed by atoms with Gasteiger partial charge < -0.3 is 4.90 Å². The van der Waals surface area contributed by atoms with Crippen LogP contribution in [0.4, 0.5) is 0 Å². The molecule has 4 rings (SSSR count). The molecule has 0 bridgehead atoms. The summed E-state index contributed by atoms with van der Waals surface area (Å²) in [6, 6.07) is 5.01. The quantitative estimate of drug-likeness (QED) is 0.600. The maximum Gasteiger partial charge on any atom is 0.272 e. The fourth-order valence-electron chi connectivity index (χ4n) is 3.62. The number of likely N-dealkylation sites (tertiary alicyclic amines) is 2. The van der Waals surface area contributed by atoms with Gasteiger partial charge in [-0.25, -0.2) is 0 Å². The normalized spacial score (nSPS) is 27.1. The molecule has 6 nitrogen and oxygen atoms in total. The van der Waals surface area contributed by atoms with E-state index in [1.807, 2.05) is 12.2 Å². The Hall–Kier alpha value is -2.50. The number of amides is 3. The second kappa shape index (κ2) is 5.30. The van der Waals surface area contributed by atoms with Gasteiger partial charge >= 0.3 is 0 Å². The van der Waals surface area contributed by atoms with Crippen LogP contribution in [0.5, 0.6) is 0 Å². The van der Waals surface area contributed by atoms with Gasteiger partial charge in [0.15, 0.2) is 0 Å². The van der Waals surface area contributed by atoms with Crippen LogP contribution in [-0.4, -0.2) is 51.6 Å². The number of carbonyl (C=O) groups excluding carboxylic acids is 3. The Bertz CT molecular complexity index is 668. The van der Waals surface area contributed by atoms with Crippen molar-refractivity contribution in [2.24, 2.45) is 11.8 Å². The van der Waals surface area contributed by atoms with Gasteiger partial charge in [0.2, 0.25) is 11.8 Å². The highest BCUT2D eigenvalue weighted by atomic mass is 16.2. The first-order valence-electron chi connectivity index (χ1n) is 7.89. The van der Waals surface area contributed by atoms with E-state index in [2.05, 4.69) is 4.98 Å². The minimum atomic E-state index is -0.201. The highest BCUT2D eigenvalue weighted by molar-refractivity contribution is 6.06. The van der Waals surface area contributed by atoms with Crippen LogP contribution in [0.15, 0.2) is 36.5 Å². The molecule has 0 N–H and O–H groups in total. The number of carbonyl (C=O) groups is 3. The van der Waals surface area contributed by atoms with Crippen molar-refractivity contribution >= 4 is 17.7 Å². The summed E-state index contributed by atoms with van der Waals surface area (Å²) in [6.45, 7) is 0.805. The molecule has 3 amide bonds. The van der Waals surface area contributed by atoms with Gasteiger partial charge in [-0.3, -0.25) is 24.3 Å². The van der Waals surface area contributed by atoms with Gasteiger partial charge in [-0.05, 0) is 25.0 Å². The third kappa shape index (κ3) is 2.17. The largest absolute Gasteiger partial charge is 0.333 e. The third-order valence-corrected chi connectivity index (χ3v) is 4.94.